The van der Waals surface area contributed by atoms with Crippen molar-refractivity contribution >= 4 is 5.69 Å². The number of aryl methyl sites for hydroxylation is 1. The number of benzene rings is 2. The molecular weight excluding hydrogens is 282 g/mol. The maximum atomic E-state index is 13.7. The summed E-state index contributed by atoms with van der Waals surface area (Å²) in [4.78, 5) is 10.1. The van der Waals surface area contributed by atoms with Crippen molar-refractivity contribution in [1.82, 2.24) is 0 Å². The molecule has 2 rings (SSSR count). The minimum Gasteiger partial charge on any atom is -0.451 e. The van der Waals surface area contributed by atoms with Crippen molar-refractivity contribution < 1.29 is 18.4 Å². The molecule has 2 aromatic carbocycles. The van der Waals surface area contributed by atoms with Gasteiger partial charge in [-0.25, -0.2) is 8.78 Å². The number of rotatable bonds is 3. The van der Waals surface area contributed by atoms with Crippen LogP contribution in [0.5, 0.6) is 11.5 Å². The molecule has 0 N–H and O–H groups in total. The van der Waals surface area contributed by atoms with E-state index in [0.29, 0.717) is 5.56 Å². The van der Waals surface area contributed by atoms with Crippen LogP contribution < -0.4 is 4.74 Å². The molecule has 106 valence electrons. The van der Waals surface area contributed by atoms with Crippen molar-refractivity contribution in [3.8, 4) is 17.6 Å². The van der Waals surface area contributed by atoms with Gasteiger partial charge in [-0.1, -0.05) is 0 Å². The Morgan fingerprint density at radius 3 is 2.38 bits per heavy atom. The van der Waals surface area contributed by atoms with Crippen molar-refractivity contribution in [1.29, 1.82) is 5.26 Å². The predicted molar refractivity (Wildman–Crippen MR) is 69.0 cm³/mol. The molecule has 0 aliphatic heterocycles. The fraction of sp³-hybridized carbons (Fsp3) is 0.0714. The molecule has 0 aromatic heterocycles. The third-order valence-electron chi connectivity index (χ3n) is 2.72. The second-order valence-electron chi connectivity index (χ2n) is 4.19. The molecule has 2 aromatic rings. The normalized spacial score (nSPS) is 10.0. The molecule has 0 aliphatic carbocycles. The number of ether oxygens (including phenoxy) is 1. The van der Waals surface area contributed by atoms with Gasteiger partial charge in [0.1, 0.15) is 5.75 Å². The van der Waals surface area contributed by atoms with Crippen molar-refractivity contribution in [3.63, 3.8) is 0 Å². The van der Waals surface area contributed by atoms with Crippen LogP contribution in [0.1, 0.15) is 11.1 Å². The van der Waals surface area contributed by atoms with Gasteiger partial charge in [-0.05, 0) is 30.7 Å². The number of halogens is 2. The maximum Gasteiger partial charge on any atom is 0.273 e. The lowest BCUT2D eigenvalue weighted by Gasteiger charge is -2.10. The van der Waals surface area contributed by atoms with Crippen LogP contribution in [0.15, 0.2) is 30.3 Å². The minimum absolute atomic E-state index is 0.0355. The summed E-state index contributed by atoms with van der Waals surface area (Å²) < 4.78 is 32.5. The zero-order valence-electron chi connectivity index (χ0n) is 10.8. The standard InChI is InChI=1S/C14H8F2N2O3/c1-8-2-3-10(18(19)20)6-13(8)21-14-11(15)4-9(7-17)5-12(14)16/h2-6H,1H3. The zero-order valence-corrected chi connectivity index (χ0v) is 10.8. The van der Waals surface area contributed by atoms with E-state index in [2.05, 4.69) is 0 Å². The van der Waals surface area contributed by atoms with E-state index in [1.807, 2.05) is 0 Å². The minimum atomic E-state index is -1.06. The maximum absolute atomic E-state index is 13.7. The molecule has 0 aliphatic rings. The highest BCUT2D eigenvalue weighted by molar-refractivity contribution is 5.47. The summed E-state index contributed by atoms with van der Waals surface area (Å²) in [6.45, 7) is 1.58. The highest BCUT2D eigenvalue weighted by Crippen LogP contribution is 2.32. The van der Waals surface area contributed by atoms with Crippen molar-refractivity contribution in [2.24, 2.45) is 0 Å². The molecule has 0 saturated heterocycles. The van der Waals surface area contributed by atoms with Crippen LogP contribution in [0.2, 0.25) is 0 Å². The number of nitro groups is 1. The van der Waals surface area contributed by atoms with Gasteiger partial charge in [0.15, 0.2) is 17.4 Å². The molecule has 0 amide bonds. The van der Waals surface area contributed by atoms with Gasteiger partial charge >= 0.3 is 0 Å². The topological polar surface area (TPSA) is 76.2 Å². The lowest BCUT2D eigenvalue weighted by atomic mass is 10.2. The van der Waals surface area contributed by atoms with Crippen molar-refractivity contribution in [2.45, 2.75) is 6.92 Å². The Morgan fingerprint density at radius 2 is 1.86 bits per heavy atom. The van der Waals surface area contributed by atoms with E-state index in [1.54, 1.807) is 13.0 Å². The van der Waals surface area contributed by atoms with E-state index in [1.165, 1.54) is 12.1 Å². The Labute approximate surface area is 118 Å². The van der Waals surface area contributed by atoms with E-state index < -0.39 is 22.3 Å². The lowest BCUT2D eigenvalue weighted by molar-refractivity contribution is -0.384. The van der Waals surface area contributed by atoms with Crippen LogP contribution >= 0.6 is 0 Å². The average Bonchev–Trinajstić information content (AvgIpc) is 2.44. The van der Waals surface area contributed by atoms with Crippen molar-refractivity contribution in [3.05, 3.63) is 63.2 Å². The second-order valence-corrected chi connectivity index (χ2v) is 4.19. The quantitative estimate of drug-likeness (QED) is 0.635. The van der Waals surface area contributed by atoms with Gasteiger partial charge in [-0.2, -0.15) is 5.26 Å². The monoisotopic (exact) mass is 290 g/mol. The smallest absolute Gasteiger partial charge is 0.273 e. The summed E-state index contributed by atoms with van der Waals surface area (Å²) in [7, 11) is 0. The number of hydrogen-bond acceptors (Lipinski definition) is 4. The first-order valence-electron chi connectivity index (χ1n) is 5.74. The summed E-state index contributed by atoms with van der Waals surface area (Å²) >= 11 is 0. The molecule has 0 radical (unpaired) electrons. The summed E-state index contributed by atoms with van der Waals surface area (Å²) in [6, 6.07) is 7.00. The summed E-state index contributed by atoms with van der Waals surface area (Å²) in [5.41, 5.74) is 0.0296. The van der Waals surface area contributed by atoms with Gasteiger partial charge in [0.25, 0.3) is 5.69 Å². The van der Waals surface area contributed by atoms with Gasteiger partial charge in [0.05, 0.1) is 22.6 Å². The fourth-order valence-electron chi connectivity index (χ4n) is 1.64. The van der Waals surface area contributed by atoms with E-state index >= 15 is 0 Å². The Hall–Kier alpha value is -3.01. The second kappa shape index (κ2) is 5.54. The summed E-state index contributed by atoms with van der Waals surface area (Å²) in [6.07, 6.45) is 0. The van der Waals surface area contributed by atoms with Crippen LogP contribution in [0, 0.1) is 40.0 Å². The highest BCUT2D eigenvalue weighted by Gasteiger charge is 2.17. The summed E-state index contributed by atoms with van der Waals surface area (Å²) in [5, 5.41) is 19.3. The number of non-ortho nitro benzene ring substituents is 1. The van der Waals surface area contributed by atoms with E-state index in [-0.39, 0.29) is 17.0 Å². The molecule has 0 bridgehead atoms. The number of nitro benzene ring substituents is 1. The molecule has 0 fully saturated rings. The van der Waals surface area contributed by atoms with E-state index in [9.17, 15) is 18.9 Å². The van der Waals surface area contributed by atoms with E-state index in [0.717, 1.165) is 18.2 Å². The molecule has 0 atom stereocenters. The molecule has 0 unspecified atom stereocenters. The molecule has 0 heterocycles. The molecule has 0 spiro atoms. The third-order valence-corrected chi connectivity index (χ3v) is 2.72. The van der Waals surface area contributed by atoms with E-state index in [4.69, 9.17) is 10.00 Å². The SMILES string of the molecule is Cc1ccc([N+](=O)[O-])cc1Oc1c(F)cc(C#N)cc1F. The number of nitriles is 1. The number of hydrogen-bond donors (Lipinski definition) is 0. The highest BCUT2D eigenvalue weighted by atomic mass is 19.1. The lowest BCUT2D eigenvalue weighted by Crippen LogP contribution is -1.97. The molecule has 0 saturated carbocycles. The fourth-order valence-corrected chi connectivity index (χ4v) is 1.64. The van der Waals surface area contributed by atoms with Crippen molar-refractivity contribution in [2.75, 3.05) is 0 Å². The first-order valence-corrected chi connectivity index (χ1v) is 5.74. The molecule has 5 nitrogen and oxygen atoms in total. The van der Waals surface area contributed by atoms with Crippen LogP contribution in [0.3, 0.4) is 0 Å². The third kappa shape index (κ3) is 2.95. The van der Waals surface area contributed by atoms with Crippen LogP contribution in [-0.4, -0.2) is 4.92 Å². The molecule has 7 heteroatoms. The Balaban J connectivity index is 2.46. The average molecular weight is 290 g/mol. The molecular formula is C14H8F2N2O3. The van der Waals surface area contributed by atoms with Crippen LogP contribution in [0.25, 0.3) is 0 Å². The van der Waals surface area contributed by atoms with Gasteiger partial charge in [-0.15, -0.1) is 0 Å². The van der Waals surface area contributed by atoms with Crippen LogP contribution in [0.4, 0.5) is 14.5 Å². The summed E-state index contributed by atoms with van der Waals surface area (Å²) in [5.74, 6) is -2.86. The van der Waals surface area contributed by atoms with Gasteiger partial charge in [-0.3, -0.25) is 10.1 Å². The Bertz CT molecular complexity index is 746. The van der Waals surface area contributed by atoms with Gasteiger partial charge in [0.2, 0.25) is 0 Å². The number of nitrogens with zero attached hydrogens (tertiary/aromatic N) is 2. The van der Waals surface area contributed by atoms with Crippen LogP contribution in [-0.2, 0) is 0 Å². The Kier molecular flexibility index (Phi) is 3.80. The molecule has 21 heavy (non-hydrogen) atoms. The zero-order chi connectivity index (χ0) is 15.6. The largest absolute Gasteiger partial charge is 0.451 e. The first-order chi connectivity index (χ1) is 9.92. The first kappa shape index (κ1) is 14.4. The Morgan fingerprint density at radius 1 is 1.24 bits per heavy atom. The van der Waals surface area contributed by atoms with Gasteiger partial charge in [0, 0.05) is 6.07 Å². The predicted octanol–water partition coefficient (Wildman–Crippen LogP) is 3.85. The van der Waals surface area contributed by atoms with Gasteiger partial charge < -0.3 is 4.74 Å².